The maximum absolute atomic E-state index is 11.2. The topological polar surface area (TPSA) is 124 Å². The summed E-state index contributed by atoms with van der Waals surface area (Å²) in [7, 11) is -19.5. The number of rotatable bonds is 6. The van der Waals surface area contributed by atoms with Gasteiger partial charge in [0.1, 0.15) is 0 Å². The van der Waals surface area contributed by atoms with E-state index >= 15 is 0 Å². The molecule has 168 valence electrons. The Morgan fingerprint density at radius 2 is 1.28 bits per heavy atom. The summed E-state index contributed by atoms with van der Waals surface area (Å²) in [5, 5.41) is 0. The zero-order valence-electron chi connectivity index (χ0n) is 17.6. The maximum atomic E-state index is 11.2. The highest BCUT2D eigenvalue weighted by molar-refractivity contribution is 6.94. The summed E-state index contributed by atoms with van der Waals surface area (Å²) < 4.78 is 53.4. The van der Waals surface area contributed by atoms with Gasteiger partial charge in [-0.3, -0.25) is 0 Å². The largest absolute Gasteiger partial charge is 0.487 e. The molecule has 2 N–H and O–H groups in total. The molecule has 2 rings (SSSR count). The monoisotopic (exact) mass is 518 g/mol. The molecule has 0 radical (unpaired) electrons. The van der Waals surface area contributed by atoms with Crippen molar-refractivity contribution >= 4 is 52.8 Å². The summed E-state index contributed by atoms with van der Waals surface area (Å²) in [5.41, 5.74) is 0. The van der Waals surface area contributed by atoms with E-state index in [2.05, 4.69) is 13.2 Å². The van der Waals surface area contributed by atoms with Crippen LogP contribution in [-0.2, 0) is 37.7 Å². The Morgan fingerprint density at radius 3 is 1.79 bits per heavy atom. The first-order chi connectivity index (χ1) is 13.2. The van der Waals surface area contributed by atoms with Gasteiger partial charge in [0.15, 0.2) is 0 Å². The van der Waals surface area contributed by atoms with Crippen molar-refractivity contribution in [2.45, 2.75) is 38.3 Å². The van der Waals surface area contributed by atoms with E-state index < -0.39 is 52.8 Å². The van der Waals surface area contributed by atoms with Crippen LogP contribution in [0.1, 0.15) is 0 Å². The molecule has 17 heteroatoms. The molecule has 0 aromatic heterocycles. The highest BCUT2D eigenvalue weighted by Gasteiger charge is 2.69. The minimum absolute atomic E-state index is 0.0209. The third kappa shape index (κ3) is 6.19. The van der Waals surface area contributed by atoms with Crippen LogP contribution in [0, 0.1) is 0 Å². The van der Waals surface area contributed by atoms with Crippen LogP contribution in [0.25, 0.3) is 0 Å². The Hall–Kier alpha value is 0.341. The van der Waals surface area contributed by atoms with E-state index in [0.29, 0.717) is 0 Å². The van der Waals surface area contributed by atoms with Gasteiger partial charge in [-0.15, -0.1) is 13.2 Å². The first kappa shape index (κ1) is 25.6. The van der Waals surface area contributed by atoms with E-state index in [1.807, 2.05) is 0 Å². The van der Waals surface area contributed by atoms with Gasteiger partial charge in [-0.25, -0.2) is 0 Å². The van der Waals surface area contributed by atoms with Crippen molar-refractivity contribution in [1.82, 2.24) is 0 Å². The molecule has 0 spiro atoms. The van der Waals surface area contributed by atoms with Crippen LogP contribution < -0.4 is 0 Å². The standard InChI is InChI=1S/C12H30O11Si6/c1-9-11-28(14)20-26(7,16-4)22-29(12-10-2)18-24(5,13)17-25(6,15-3)19-27(8,21-28)23-29/h9-10,13-14H,1-2,11-12H2,3-8H3. The molecule has 0 aromatic rings. The van der Waals surface area contributed by atoms with E-state index in [1.54, 1.807) is 25.7 Å². The van der Waals surface area contributed by atoms with Crippen LogP contribution in [0.3, 0.4) is 0 Å². The van der Waals surface area contributed by atoms with Gasteiger partial charge < -0.3 is 47.2 Å². The van der Waals surface area contributed by atoms with Crippen LogP contribution >= 0.6 is 0 Å². The minimum Gasteiger partial charge on any atom is -0.391 e. The number of hydrogen-bond donors (Lipinski definition) is 2. The van der Waals surface area contributed by atoms with Gasteiger partial charge in [0, 0.05) is 52.5 Å². The fourth-order valence-corrected chi connectivity index (χ4v) is 29.1. The Labute approximate surface area is 177 Å². The molecule has 2 saturated heterocycles. The molecule has 2 aliphatic rings. The van der Waals surface area contributed by atoms with Gasteiger partial charge in [-0.2, -0.15) is 0 Å². The lowest BCUT2D eigenvalue weighted by Gasteiger charge is -2.51. The zero-order chi connectivity index (χ0) is 22.2. The number of hydrogen-bond acceptors (Lipinski definition) is 11. The first-order valence-corrected chi connectivity index (χ1v) is 21.7. The van der Waals surface area contributed by atoms with Gasteiger partial charge in [0.25, 0.3) is 0 Å². The number of fused-ring (bicyclic) bond motifs is 2. The van der Waals surface area contributed by atoms with E-state index in [4.69, 9.17) is 37.7 Å². The SMILES string of the molecule is C=CC[Si]1(O)O[Si](C)(OC)O[Si]2(CC=C)O[Si](C)(O)O[Si](C)(OC)O[Si](C)(O1)O2. The van der Waals surface area contributed by atoms with Gasteiger partial charge in [-0.1, -0.05) is 12.2 Å². The molecule has 0 amide bonds. The Morgan fingerprint density at radius 1 is 0.724 bits per heavy atom. The molecule has 2 aliphatic heterocycles. The van der Waals surface area contributed by atoms with Crippen molar-refractivity contribution in [3.63, 3.8) is 0 Å². The average molecular weight is 519 g/mol. The second-order valence-corrected chi connectivity index (χ2v) is 24.1. The lowest BCUT2D eigenvalue weighted by atomic mass is 10.8. The Kier molecular flexibility index (Phi) is 7.68. The average Bonchev–Trinajstić information content (AvgIpc) is 2.50. The van der Waals surface area contributed by atoms with E-state index in [-0.39, 0.29) is 12.1 Å². The van der Waals surface area contributed by atoms with E-state index in [0.717, 1.165) is 0 Å². The third-order valence-electron chi connectivity index (χ3n) is 4.00. The lowest BCUT2D eigenvalue weighted by molar-refractivity contribution is 0.0321. The summed E-state index contributed by atoms with van der Waals surface area (Å²) in [5.74, 6) is 0. The molecule has 2 heterocycles. The maximum Gasteiger partial charge on any atom is 0.487 e. The van der Waals surface area contributed by atoms with Crippen molar-refractivity contribution in [2.24, 2.45) is 0 Å². The molecular formula is C12H30O11Si6. The van der Waals surface area contributed by atoms with Crippen LogP contribution in [0.4, 0.5) is 0 Å². The summed E-state index contributed by atoms with van der Waals surface area (Å²) in [6.07, 6.45) is 3.02. The molecule has 29 heavy (non-hydrogen) atoms. The highest BCUT2D eigenvalue weighted by Crippen LogP contribution is 2.39. The third-order valence-corrected chi connectivity index (χ3v) is 26.8. The molecule has 0 aliphatic carbocycles. The fourth-order valence-electron chi connectivity index (χ4n) is 3.06. The summed E-state index contributed by atoms with van der Waals surface area (Å²) in [6.45, 7) is 13.5. The van der Waals surface area contributed by atoms with Crippen molar-refractivity contribution < 1.29 is 47.2 Å². The smallest absolute Gasteiger partial charge is 0.391 e. The minimum atomic E-state index is -3.93. The second-order valence-electron chi connectivity index (χ2n) is 6.99. The van der Waals surface area contributed by atoms with Crippen LogP contribution in [0.5, 0.6) is 0 Å². The van der Waals surface area contributed by atoms with Crippen LogP contribution in [0.15, 0.2) is 25.3 Å². The molecule has 2 bridgehead atoms. The number of allylic oxidation sites excluding steroid dienone is 2. The lowest BCUT2D eigenvalue weighted by Crippen LogP contribution is -2.76. The first-order valence-electron chi connectivity index (χ1n) is 8.87. The van der Waals surface area contributed by atoms with Crippen LogP contribution in [0.2, 0.25) is 38.3 Å². The molecule has 0 aromatic carbocycles. The van der Waals surface area contributed by atoms with Crippen LogP contribution in [-0.4, -0.2) is 76.6 Å². The van der Waals surface area contributed by atoms with E-state index in [1.165, 1.54) is 26.8 Å². The normalized spacial score (nSPS) is 48.7. The van der Waals surface area contributed by atoms with Crippen molar-refractivity contribution in [3.8, 4) is 0 Å². The molecule has 6 unspecified atom stereocenters. The quantitative estimate of drug-likeness (QED) is 0.385. The van der Waals surface area contributed by atoms with Crippen molar-refractivity contribution in [2.75, 3.05) is 14.2 Å². The summed E-state index contributed by atoms with van der Waals surface area (Å²) >= 11 is 0. The molecule has 0 saturated carbocycles. The molecule has 6 atom stereocenters. The summed E-state index contributed by atoms with van der Waals surface area (Å²) in [4.78, 5) is 22.1. The predicted octanol–water partition coefficient (Wildman–Crippen LogP) is 0.932. The van der Waals surface area contributed by atoms with Gasteiger partial charge in [0.05, 0.1) is 0 Å². The van der Waals surface area contributed by atoms with Gasteiger partial charge in [-0.05, 0) is 0 Å². The van der Waals surface area contributed by atoms with Crippen molar-refractivity contribution in [3.05, 3.63) is 25.3 Å². The van der Waals surface area contributed by atoms with Crippen molar-refractivity contribution in [1.29, 1.82) is 0 Å². The predicted molar refractivity (Wildman–Crippen MR) is 114 cm³/mol. The van der Waals surface area contributed by atoms with Gasteiger partial charge >= 0.3 is 52.8 Å². The molecular weight excluding hydrogens is 489 g/mol. The highest BCUT2D eigenvalue weighted by atomic mass is 28.6. The van der Waals surface area contributed by atoms with Gasteiger partial charge in [0.2, 0.25) is 0 Å². The summed E-state index contributed by atoms with van der Waals surface area (Å²) in [6, 6.07) is 0.129. The molecule has 2 fully saturated rings. The second kappa shape index (κ2) is 8.70. The zero-order valence-corrected chi connectivity index (χ0v) is 23.6. The Balaban J connectivity index is 2.64. The van der Waals surface area contributed by atoms with E-state index in [9.17, 15) is 9.59 Å². The molecule has 11 nitrogen and oxygen atoms in total. The Bertz CT molecular complexity index is 643. The fraction of sp³-hybridized carbons (Fsp3) is 0.667.